The quantitative estimate of drug-likeness (QED) is 0.866. The third kappa shape index (κ3) is 3.11. The van der Waals surface area contributed by atoms with Crippen molar-refractivity contribution < 1.29 is 8.78 Å². The molecule has 4 rings (SSSR count). The van der Waals surface area contributed by atoms with E-state index in [9.17, 15) is 8.78 Å². The van der Waals surface area contributed by atoms with Crippen LogP contribution in [0.1, 0.15) is 29.7 Å². The van der Waals surface area contributed by atoms with Gasteiger partial charge in [-0.2, -0.15) is 0 Å². The smallest absolute Gasteiger partial charge is 0.225 e. The minimum atomic E-state index is -0.800. The van der Waals surface area contributed by atoms with Gasteiger partial charge in [0.1, 0.15) is 0 Å². The first-order valence-corrected chi connectivity index (χ1v) is 8.45. The summed E-state index contributed by atoms with van der Waals surface area (Å²) in [6, 6.07) is 4.10. The molecule has 0 unspecified atom stereocenters. The fourth-order valence-corrected chi connectivity index (χ4v) is 3.46. The van der Waals surface area contributed by atoms with E-state index < -0.39 is 11.6 Å². The molecule has 0 radical (unpaired) electrons. The maximum Gasteiger partial charge on any atom is 0.225 e. The van der Waals surface area contributed by atoms with Crippen LogP contribution in [-0.2, 0) is 19.5 Å². The van der Waals surface area contributed by atoms with Crippen LogP contribution in [0.2, 0.25) is 0 Å². The summed E-state index contributed by atoms with van der Waals surface area (Å²) in [4.78, 5) is 13.7. The van der Waals surface area contributed by atoms with Gasteiger partial charge >= 0.3 is 0 Å². The Hall–Kier alpha value is -2.08. The molecule has 6 heteroatoms. The average molecular weight is 330 g/mol. The average Bonchev–Trinajstić information content (AvgIpc) is 3.12. The number of aromatic nitrogens is 2. The molecule has 0 N–H and O–H groups in total. The normalized spacial score (nSPS) is 18.0. The Morgan fingerprint density at radius 3 is 2.67 bits per heavy atom. The number of hydrogen-bond acceptors (Lipinski definition) is 4. The summed E-state index contributed by atoms with van der Waals surface area (Å²) in [7, 11) is 0. The second kappa shape index (κ2) is 6.43. The highest BCUT2D eigenvalue weighted by atomic mass is 19.2. The van der Waals surface area contributed by atoms with E-state index >= 15 is 0 Å². The van der Waals surface area contributed by atoms with Crippen LogP contribution in [0.15, 0.2) is 24.4 Å². The van der Waals surface area contributed by atoms with Gasteiger partial charge in [-0.1, -0.05) is 6.07 Å². The van der Waals surface area contributed by atoms with Gasteiger partial charge in [-0.15, -0.1) is 0 Å². The minimum absolute atomic E-state index is 0.602. The molecule has 1 fully saturated rings. The number of nitrogens with zero attached hydrogens (tertiary/aromatic N) is 4. The fraction of sp³-hybridized carbons (Fsp3) is 0.444. The van der Waals surface area contributed by atoms with Crippen molar-refractivity contribution in [1.29, 1.82) is 0 Å². The van der Waals surface area contributed by atoms with Gasteiger partial charge in [0.2, 0.25) is 5.95 Å². The third-order valence-corrected chi connectivity index (χ3v) is 4.78. The molecule has 1 saturated heterocycles. The van der Waals surface area contributed by atoms with E-state index in [1.807, 2.05) is 6.20 Å². The van der Waals surface area contributed by atoms with E-state index in [-0.39, 0.29) is 0 Å². The molecule has 0 aliphatic carbocycles. The maximum atomic E-state index is 13.3. The number of hydrogen-bond donors (Lipinski definition) is 0. The first kappa shape index (κ1) is 15.4. The number of benzene rings is 1. The topological polar surface area (TPSA) is 32.3 Å². The van der Waals surface area contributed by atoms with Crippen LogP contribution in [0.25, 0.3) is 0 Å². The summed E-state index contributed by atoms with van der Waals surface area (Å²) in [6.45, 7) is 4.30. The number of fused-ring (bicyclic) bond motifs is 1. The predicted octanol–water partition coefficient (Wildman–Crippen LogP) is 2.91. The van der Waals surface area contributed by atoms with E-state index in [0.29, 0.717) is 6.54 Å². The number of rotatable bonds is 3. The molecule has 1 aromatic carbocycles. The van der Waals surface area contributed by atoms with Crippen molar-refractivity contribution in [2.45, 2.75) is 32.4 Å². The molecule has 0 atom stereocenters. The molecule has 0 bridgehead atoms. The molecule has 0 saturated carbocycles. The molecule has 0 spiro atoms. The van der Waals surface area contributed by atoms with Crippen molar-refractivity contribution in [3.63, 3.8) is 0 Å². The summed E-state index contributed by atoms with van der Waals surface area (Å²) in [5.41, 5.74) is 3.03. The zero-order valence-corrected chi connectivity index (χ0v) is 13.5. The number of anilines is 1. The van der Waals surface area contributed by atoms with Gasteiger partial charge < -0.3 is 4.90 Å². The second-order valence-corrected chi connectivity index (χ2v) is 6.55. The van der Waals surface area contributed by atoms with Gasteiger partial charge in [0, 0.05) is 50.9 Å². The maximum absolute atomic E-state index is 13.3. The zero-order chi connectivity index (χ0) is 16.5. The molecular weight excluding hydrogens is 310 g/mol. The van der Waals surface area contributed by atoms with Gasteiger partial charge in [-0.3, -0.25) is 4.90 Å². The molecule has 3 heterocycles. The first-order valence-electron chi connectivity index (χ1n) is 8.45. The fourth-order valence-electron chi connectivity index (χ4n) is 3.46. The molecule has 2 aliphatic rings. The number of halogens is 2. The molecule has 2 aromatic rings. The molecule has 2 aliphatic heterocycles. The first-order chi connectivity index (χ1) is 11.7. The van der Waals surface area contributed by atoms with Crippen LogP contribution in [0.4, 0.5) is 14.7 Å². The Bertz CT molecular complexity index is 744. The Kier molecular flexibility index (Phi) is 4.14. The Morgan fingerprint density at radius 1 is 1.04 bits per heavy atom. The van der Waals surface area contributed by atoms with Crippen molar-refractivity contribution in [3.8, 4) is 0 Å². The highest BCUT2D eigenvalue weighted by molar-refractivity contribution is 5.35. The van der Waals surface area contributed by atoms with Crippen molar-refractivity contribution in [1.82, 2.24) is 14.9 Å². The molecule has 126 valence electrons. The Balaban J connectivity index is 1.46. The summed E-state index contributed by atoms with van der Waals surface area (Å²) in [5, 5.41) is 0. The highest BCUT2D eigenvalue weighted by Gasteiger charge is 2.21. The van der Waals surface area contributed by atoms with E-state index in [4.69, 9.17) is 4.98 Å². The van der Waals surface area contributed by atoms with Gasteiger partial charge in [0.05, 0.1) is 5.69 Å². The van der Waals surface area contributed by atoms with Gasteiger partial charge in [-0.25, -0.2) is 18.7 Å². The van der Waals surface area contributed by atoms with Crippen LogP contribution >= 0.6 is 0 Å². The summed E-state index contributed by atoms with van der Waals surface area (Å²) >= 11 is 0. The van der Waals surface area contributed by atoms with E-state index in [2.05, 4.69) is 14.8 Å². The SMILES string of the molecule is Fc1ccc(CN2CCc3nc(N4CCCC4)ncc3C2)cc1F. The lowest BCUT2D eigenvalue weighted by atomic mass is 10.1. The predicted molar refractivity (Wildman–Crippen MR) is 87.7 cm³/mol. The molecule has 0 amide bonds. The lowest BCUT2D eigenvalue weighted by Crippen LogP contribution is -2.31. The van der Waals surface area contributed by atoms with E-state index in [0.717, 1.165) is 55.4 Å². The third-order valence-electron chi connectivity index (χ3n) is 4.78. The Labute approximate surface area is 140 Å². The van der Waals surface area contributed by atoms with Crippen molar-refractivity contribution in [3.05, 3.63) is 52.9 Å². The van der Waals surface area contributed by atoms with Crippen LogP contribution in [-0.4, -0.2) is 34.5 Å². The summed E-state index contributed by atoms with van der Waals surface area (Å²) in [5.74, 6) is -0.741. The van der Waals surface area contributed by atoms with E-state index in [1.165, 1.54) is 25.0 Å². The molecule has 4 nitrogen and oxygen atoms in total. The lowest BCUT2D eigenvalue weighted by molar-refractivity contribution is 0.242. The van der Waals surface area contributed by atoms with Gasteiger partial charge in [0.15, 0.2) is 11.6 Å². The van der Waals surface area contributed by atoms with Gasteiger partial charge in [0.25, 0.3) is 0 Å². The van der Waals surface area contributed by atoms with Crippen LogP contribution in [0, 0.1) is 11.6 Å². The second-order valence-electron chi connectivity index (χ2n) is 6.55. The monoisotopic (exact) mass is 330 g/mol. The highest BCUT2D eigenvalue weighted by Crippen LogP contribution is 2.22. The van der Waals surface area contributed by atoms with Crippen LogP contribution in [0.3, 0.4) is 0 Å². The van der Waals surface area contributed by atoms with E-state index in [1.54, 1.807) is 6.07 Å². The van der Waals surface area contributed by atoms with Crippen LogP contribution < -0.4 is 4.90 Å². The van der Waals surface area contributed by atoms with Gasteiger partial charge in [-0.05, 0) is 30.5 Å². The Morgan fingerprint density at radius 2 is 1.88 bits per heavy atom. The lowest BCUT2D eigenvalue weighted by Gasteiger charge is -2.28. The molecular formula is C18H20F2N4. The summed E-state index contributed by atoms with van der Waals surface area (Å²) in [6.07, 6.45) is 5.21. The van der Waals surface area contributed by atoms with Crippen molar-refractivity contribution >= 4 is 5.95 Å². The largest absolute Gasteiger partial charge is 0.341 e. The summed E-state index contributed by atoms with van der Waals surface area (Å²) < 4.78 is 26.4. The zero-order valence-electron chi connectivity index (χ0n) is 13.5. The van der Waals surface area contributed by atoms with Crippen LogP contribution in [0.5, 0.6) is 0 Å². The standard InChI is InChI=1S/C18H20F2N4/c19-15-4-3-13(9-16(15)20)11-23-8-5-17-14(12-23)10-21-18(22-17)24-6-1-2-7-24/h3-4,9-10H,1-2,5-8,11-12H2. The minimum Gasteiger partial charge on any atom is -0.341 e. The van der Waals surface area contributed by atoms with Crippen molar-refractivity contribution in [2.24, 2.45) is 0 Å². The molecule has 1 aromatic heterocycles. The van der Waals surface area contributed by atoms with Crippen molar-refractivity contribution in [2.75, 3.05) is 24.5 Å². The molecule has 24 heavy (non-hydrogen) atoms.